The molecule has 2 aromatic rings. The highest BCUT2D eigenvalue weighted by molar-refractivity contribution is 5.85. The first-order chi connectivity index (χ1) is 9.99. The van der Waals surface area contributed by atoms with Gasteiger partial charge in [-0.25, -0.2) is 0 Å². The van der Waals surface area contributed by atoms with Gasteiger partial charge in [-0.1, -0.05) is 26.8 Å². The van der Waals surface area contributed by atoms with Crippen molar-refractivity contribution in [1.29, 1.82) is 0 Å². The van der Waals surface area contributed by atoms with E-state index in [1.165, 1.54) is 27.7 Å². The average Bonchev–Trinajstić information content (AvgIpc) is 2.81. The van der Waals surface area contributed by atoms with E-state index in [0.717, 1.165) is 32.5 Å². The number of terminal acetylenes is 1. The number of fused-ring (bicyclic) bond motifs is 3. The standard InChI is InChI=1S/C19H24N2/c1-5-6-10-21-11-9-18-16(13-21)15-12-14(19(2,3)4)7-8-17(15)20-18/h1,7-8,12,20H,6,9-11,13H2,2-4H3. The molecule has 0 aliphatic carbocycles. The Morgan fingerprint density at radius 3 is 2.86 bits per heavy atom. The van der Waals surface area contributed by atoms with Gasteiger partial charge in [0.1, 0.15) is 0 Å². The van der Waals surface area contributed by atoms with Crippen LogP contribution in [0.2, 0.25) is 0 Å². The quantitative estimate of drug-likeness (QED) is 0.828. The van der Waals surface area contributed by atoms with Crippen molar-refractivity contribution >= 4 is 10.9 Å². The van der Waals surface area contributed by atoms with Gasteiger partial charge >= 0.3 is 0 Å². The van der Waals surface area contributed by atoms with Crippen LogP contribution in [0.25, 0.3) is 10.9 Å². The number of aromatic nitrogens is 1. The molecule has 0 spiro atoms. The summed E-state index contributed by atoms with van der Waals surface area (Å²) in [6.45, 7) is 9.94. The van der Waals surface area contributed by atoms with E-state index in [1.807, 2.05) is 0 Å². The van der Waals surface area contributed by atoms with Crippen LogP contribution in [-0.2, 0) is 18.4 Å². The molecular formula is C19H24N2. The molecular weight excluding hydrogens is 256 g/mol. The maximum Gasteiger partial charge on any atom is 0.0459 e. The monoisotopic (exact) mass is 280 g/mol. The summed E-state index contributed by atoms with van der Waals surface area (Å²) in [6.07, 6.45) is 7.33. The lowest BCUT2D eigenvalue weighted by molar-refractivity contribution is 0.260. The molecule has 1 aliphatic heterocycles. The molecule has 110 valence electrons. The molecule has 0 amide bonds. The maximum absolute atomic E-state index is 5.40. The predicted octanol–water partition coefficient (Wildman–Crippen LogP) is 3.85. The summed E-state index contributed by atoms with van der Waals surface area (Å²) in [5.41, 5.74) is 5.74. The van der Waals surface area contributed by atoms with Crippen molar-refractivity contribution in [3.63, 3.8) is 0 Å². The number of aromatic amines is 1. The second-order valence-electron chi connectivity index (χ2n) is 7.07. The third kappa shape index (κ3) is 2.71. The molecule has 1 aliphatic rings. The number of rotatable bonds is 2. The SMILES string of the molecule is C#CCCN1CCc2[nH]c3ccc(C(C)(C)C)cc3c2C1. The van der Waals surface area contributed by atoms with Gasteiger partial charge in [0.25, 0.3) is 0 Å². The zero-order valence-corrected chi connectivity index (χ0v) is 13.3. The summed E-state index contributed by atoms with van der Waals surface area (Å²) in [6, 6.07) is 6.86. The number of hydrogen-bond donors (Lipinski definition) is 1. The summed E-state index contributed by atoms with van der Waals surface area (Å²) < 4.78 is 0. The van der Waals surface area contributed by atoms with Crippen molar-refractivity contribution in [2.24, 2.45) is 0 Å². The molecule has 1 aromatic heterocycles. The normalized spacial score (nSPS) is 15.9. The maximum atomic E-state index is 5.40. The smallest absolute Gasteiger partial charge is 0.0459 e. The van der Waals surface area contributed by atoms with Gasteiger partial charge in [-0.2, -0.15) is 0 Å². The zero-order chi connectivity index (χ0) is 15.0. The van der Waals surface area contributed by atoms with Gasteiger partial charge in [0, 0.05) is 49.1 Å². The molecule has 0 atom stereocenters. The van der Waals surface area contributed by atoms with Gasteiger partial charge in [0.2, 0.25) is 0 Å². The first-order valence-corrected chi connectivity index (χ1v) is 7.79. The van der Waals surface area contributed by atoms with E-state index in [4.69, 9.17) is 6.42 Å². The van der Waals surface area contributed by atoms with Crippen molar-refractivity contribution in [2.75, 3.05) is 13.1 Å². The third-order valence-corrected chi connectivity index (χ3v) is 4.49. The Bertz CT molecular complexity index is 695. The van der Waals surface area contributed by atoms with Crippen LogP contribution in [0.3, 0.4) is 0 Å². The van der Waals surface area contributed by atoms with Crippen LogP contribution < -0.4 is 0 Å². The zero-order valence-electron chi connectivity index (χ0n) is 13.3. The molecule has 1 aromatic carbocycles. The molecule has 2 heteroatoms. The van der Waals surface area contributed by atoms with Crippen LogP contribution >= 0.6 is 0 Å². The van der Waals surface area contributed by atoms with E-state index in [1.54, 1.807) is 0 Å². The molecule has 21 heavy (non-hydrogen) atoms. The summed E-state index contributed by atoms with van der Waals surface area (Å²) in [5.74, 6) is 2.75. The minimum atomic E-state index is 0.191. The third-order valence-electron chi connectivity index (χ3n) is 4.49. The van der Waals surface area contributed by atoms with Crippen LogP contribution in [0.1, 0.15) is 44.0 Å². The van der Waals surface area contributed by atoms with Gasteiger partial charge in [-0.15, -0.1) is 12.3 Å². The Morgan fingerprint density at radius 1 is 1.33 bits per heavy atom. The number of H-pyrrole nitrogens is 1. The fourth-order valence-electron chi connectivity index (χ4n) is 3.15. The summed E-state index contributed by atoms with van der Waals surface area (Å²) in [5, 5.41) is 1.39. The van der Waals surface area contributed by atoms with Crippen LogP contribution in [0, 0.1) is 12.3 Å². The highest BCUT2D eigenvalue weighted by Gasteiger charge is 2.22. The lowest BCUT2D eigenvalue weighted by Crippen LogP contribution is -2.30. The molecule has 0 unspecified atom stereocenters. The highest BCUT2D eigenvalue weighted by atomic mass is 15.1. The lowest BCUT2D eigenvalue weighted by Gasteiger charge is -2.26. The highest BCUT2D eigenvalue weighted by Crippen LogP contribution is 2.31. The van der Waals surface area contributed by atoms with Crippen molar-refractivity contribution in [3.8, 4) is 12.3 Å². The van der Waals surface area contributed by atoms with Crippen LogP contribution in [-0.4, -0.2) is 23.0 Å². The summed E-state index contributed by atoms with van der Waals surface area (Å²) >= 11 is 0. The van der Waals surface area contributed by atoms with E-state index in [2.05, 4.69) is 54.8 Å². The Hall–Kier alpha value is -1.72. The average molecular weight is 280 g/mol. The van der Waals surface area contributed by atoms with Gasteiger partial charge in [0.15, 0.2) is 0 Å². The van der Waals surface area contributed by atoms with E-state index >= 15 is 0 Å². The first kappa shape index (κ1) is 14.2. The first-order valence-electron chi connectivity index (χ1n) is 7.79. The molecule has 0 fully saturated rings. The van der Waals surface area contributed by atoms with Gasteiger partial charge in [-0.05, 0) is 28.7 Å². The Kier molecular flexibility index (Phi) is 3.55. The van der Waals surface area contributed by atoms with Gasteiger partial charge < -0.3 is 4.98 Å². The molecule has 0 radical (unpaired) electrons. The fourth-order valence-corrected chi connectivity index (χ4v) is 3.15. The summed E-state index contributed by atoms with van der Waals surface area (Å²) in [4.78, 5) is 6.08. The second kappa shape index (κ2) is 5.24. The van der Waals surface area contributed by atoms with Crippen molar-refractivity contribution in [2.45, 2.75) is 45.6 Å². The van der Waals surface area contributed by atoms with Crippen LogP contribution in [0.5, 0.6) is 0 Å². The molecule has 3 rings (SSSR count). The number of nitrogens with zero attached hydrogens (tertiary/aromatic N) is 1. The molecule has 2 nitrogen and oxygen atoms in total. The van der Waals surface area contributed by atoms with Gasteiger partial charge in [-0.3, -0.25) is 4.90 Å². The van der Waals surface area contributed by atoms with Crippen molar-refractivity contribution in [3.05, 3.63) is 35.0 Å². The second-order valence-corrected chi connectivity index (χ2v) is 7.07. The molecule has 0 saturated heterocycles. The Morgan fingerprint density at radius 2 is 2.14 bits per heavy atom. The fraction of sp³-hybridized carbons (Fsp3) is 0.474. The topological polar surface area (TPSA) is 19.0 Å². The molecule has 2 heterocycles. The number of benzene rings is 1. The van der Waals surface area contributed by atoms with Gasteiger partial charge in [0.05, 0.1) is 0 Å². The van der Waals surface area contributed by atoms with E-state index in [-0.39, 0.29) is 5.41 Å². The minimum Gasteiger partial charge on any atom is -0.358 e. The van der Waals surface area contributed by atoms with Crippen LogP contribution in [0.15, 0.2) is 18.2 Å². The van der Waals surface area contributed by atoms with Crippen molar-refractivity contribution < 1.29 is 0 Å². The molecule has 0 saturated carbocycles. The van der Waals surface area contributed by atoms with E-state index < -0.39 is 0 Å². The van der Waals surface area contributed by atoms with E-state index in [0.29, 0.717) is 0 Å². The number of nitrogens with one attached hydrogen (secondary N) is 1. The number of hydrogen-bond acceptors (Lipinski definition) is 1. The largest absolute Gasteiger partial charge is 0.358 e. The summed E-state index contributed by atoms with van der Waals surface area (Å²) in [7, 11) is 0. The molecule has 0 bridgehead atoms. The molecule has 1 N–H and O–H groups in total. The van der Waals surface area contributed by atoms with E-state index in [9.17, 15) is 0 Å². The Balaban J connectivity index is 1.99. The Labute approximate surface area is 127 Å². The minimum absolute atomic E-state index is 0.191. The van der Waals surface area contributed by atoms with Crippen LogP contribution in [0.4, 0.5) is 0 Å². The van der Waals surface area contributed by atoms with Crippen molar-refractivity contribution in [1.82, 2.24) is 9.88 Å². The predicted molar refractivity (Wildman–Crippen MR) is 89.4 cm³/mol. The lowest BCUT2D eigenvalue weighted by atomic mass is 9.86.